The molecule has 21 heteroatoms. The van der Waals surface area contributed by atoms with Gasteiger partial charge in [0.1, 0.15) is 28.6 Å². The summed E-state index contributed by atoms with van der Waals surface area (Å²) in [5, 5.41) is 16.0. The number of pyridine rings is 1. The third-order valence-corrected chi connectivity index (χ3v) is 8.43. The molecule has 0 fully saturated rings. The molecule has 2 aromatic carbocycles. The SMILES string of the molecule is CC.COC1=NCC=C(NC(=O)c2cnn3ccc(-c4ccccc4C(F)(F)F)nc23)N1.O=C(Nc1ccc(F)cn1)c1cnn2ccc(-c3ccccc3C(F)(F)F)nc12. The van der Waals surface area contributed by atoms with Crippen LogP contribution in [0.1, 0.15) is 45.7 Å². The van der Waals surface area contributed by atoms with Gasteiger partial charge in [0.2, 0.25) is 0 Å². The molecule has 0 aliphatic carbocycles. The predicted molar refractivity (Wildman–Crippen MR) is 208 cm³/mol. The van der Waals surface area contributed by atoms with Crippen molar-refractivity contribution in [1.82, 2.24) is 44.8 Å². The van der Waals surface area contributed by atoms with Gasteiger partial charge in [0, 0.05) is 23.5 Å². The number of benzene rings is 2. The van der Waals surface area contributed by atoms with Crippen molar-refractivity contribution in [3.05, 3.63) is 144 Å². The summed E-state index contributed by atoms with van der Waals surface area (Å²) in [5.41, 5.74) is -1.40. The molecule has 0 unspecified atom stereocenters. The fourth-order valence-corrected chi connectivity index (χ4v) is 5.71. The molecule has 0 bridgehead atoms. The van der Waals surface area contributed by atoms with E-state index >= 15 is 0 Å². The minimum absolute atomic E-state index is 0.0301. The summed E-state index contributed by atoms with van der Waals surface area (Å²) in [7, 11) is 1.44. The van der Waals surface area contributed by atoms with E-state index in [4.69, 9.17) is 4.74 Å². The number of carbonyl (C=O) groups is 2. The van der Waals surface area contributed by atoms with E-state index in [0.29, 0.717) is 12.4 Å². The van der Waals surface area contributed by atoms with Crippen molar-refractivity contribution in [2.24, 2.45) is 4.99 Å². The molecule has 0 radical (unpaired) electrons. The van der Waals surface area contributed by atoms with Crippen LogP contribution in [-0.4, -0.2) is 65.7 Å². The van der Waals surface area contributed by atoms with Crippen LogP contribution in [-0.2, 0) is 17.1 Å². The smallest absolute Gasteiger partial charge is 0.417 e. The molecule has 2 amide bonds. The second-order valence-electron chi connectivity index (χ2n) is 12.2. The topological polar surface area (TPSA) is 165 Å². The number of hydrogen-bond donors (Lipinski definition) is 3. The van der Waals surface area contributed by atoms with Gasteiger partial charge in [-0.15, -0.1) is 0 Å². The van der Waals surface area contributed by atoms with Crippen molar-refractivity contribution in [2.75, 3.05) is 19.0 Å². The summed E-state index contributed by atoms with van der Waals surface area (Å²) in [5.74, 6) is -1.25. The quantitative estimate of drug-likeness (QED) is 0.142. The molecule has 61 heavy (non-hydrogen) atoms. The summed E-state index contributed by atoms with van der Waals surface area (Å²) in [6, 6.07) is 15.6. The van der Waals surface area contributed by atoms with Gasteiger partial charge in [0.15, 0.2) is 11.3 Å². The highest BCUT2D eigenvalue weighted by atomic mass is 19.4. The number of fused-ring (bicyclic) bond motifs is 2. The molecule has 0 atom stereocenters. The Balaban J connectivity index is 0.000000196. The van der Waals surface area contributed by atoms with Gasteiger partial charge in [-0.1, -0.05) is 50.2 Å². The minimum atomic E-state index is -4.56. The molecule has 1 aliphatic heterocycles. The second kappa shape index (κ2) is 18.1. The zero-order valence-electron chi connectivity index (χ0n) is 32.0. The predicted octanol–water partition coefficient (Wildman–Crippen LogP) is 7.82. The van der Waals surface area contributed by atoms with E-state index in [1.54, 1.807) is 6.08 Å². The minimum Gasteiger partial charge on any atom is -0.468 e. The van der Waals surface area contributed by atoms with Crippen LogP contribution in [0.15, 0.2) is 121 Å². The summed E-state index contributed by atoms with van der Waals surface area (Å²) in [4.78, 5) is 41.5. The highest BCUT2D eigenvalue weighted by molar-refractivity contribution is 6.07. The summed E-state index contributed by atoms with van der Waals surface area (Å²) in [6.07, 6.45) is -1.11. The average Bonchev–Trinajstić information content (AvgIpc) is 3.89. The van der Waals surface area contributed by atoms with Crippen molar-refractivity contribution >= 4 is 34.9 Å². The van der Waals surface area contributed by atoms with Gasteiger partial charge >= 0.3 is 12.4 Å². The van der Waals surface area contributed by atoms with Crippen molar-refractivity contribution in [2.45, 2.75) is 26.2 Å². The lowest BCUT2D eigenvalue weighted by atomic mass is 10.0. The lowest BCUT2D eigenvalue weighted by Gasteiger charge is -2.16. The molecule has 5 aromatic heterocycles. The number of amides is 2. The van der Waals surface area contributed by atoms with Crippen LogP contribution < -0.4 is 16.0 Å². The molecule has 14 nitrogen and oxygen atoms in total. The van der Waals surface area contributed by atoms with Gasteiger partial charge in [-0.2, -0.15) is 36.5 Å². The van der Waals surface area contributed by atoms with Crippen molar-refractivity contribution in [3.8, 4) is 22.5 Å². The Bertz CT molecular complexity index is 2760. The maximum absolute atomic E-state index is 13.4. The fourth-order valence-electron chi connectivity index (χ4n) is 5.71. The molecular formula is C40H32F7N11O3. The normalized spacial score (nSPS) is 12.5. The molecule has 0 spiro atoms. The first-order valence-corrected chi connectivity index (χ1v) is 18.0. The van der Waals surface area contributed by atoms with E-state index in [2.05, 4.69) is 46.1 Å². The van der Waals surface area contributed by atoms with Crippen LogP contribution in [0.5, 0.6) is 0 Å². The summed E-state index contributed by atoms with van der Waals surface area (Å²) >= 11 is 0. The van der Waals surface area contributed by atoms with E-state index in [0.717, 1.165) is 24.4 Å². The van der Waals surface area contributed by atoms with E-state index in [1.807, 2.05) is 13.8 Å². The number of aromatic nitrogens is 7. The largest absolute Gasteiger partial charge is 0.468 e. The van der Waals surface area contributed by atoms with Gasteiger partial charge in [0.25, 0.3) is 17.8 Å². The van der Waals surface area contributed by atoms with E-state index < -0.39 is 41.1 Å². The molecule has 314 valence electrons. The first kappa shape index (κ1) is 42.9. The molecule has 3 N–H and O–H groups in total. The lowest BCUT2D eigenvalue weighted by molar-refractivity contribution is -0.137. The number of ether oxygens (including phenoxy) is 1. The zero-order chi connectivity index (χ0) is 43.9. The van der Waals surface area contributed by atoms with Crippen LogP contribution >= 0.6 is 0 Å². The number of halogens is 7. The lowest BCUT2D eigenvalue weighted by Crippen LogP contribution is -2.38. The Morgan fingerprint density at radius 3 is 1.69 bits per heavy atom. The van der Waals surface area contributed by atoms with Crippen LogP contribution in [0.25, 0.3) is 33.8 Å². The summed E-state index contributed by atoms with van der Waals surface area (Å²) < 4.78 is 101. The number of carbonyl (C=O) groups excluding carboxylic acids is 2. The van der Waals surface area contributed by atoms with Crippen LogP contribution in [0, 0.1) is 5.82 Å². The van der Waals surface area contributed by atoms with Crippen molar-refractivity contribution in [1.29, 1.82) is 0 Å². The van der Waals surface area contributed by atoms with Gasteiger partial charge in [-0.3, -0.25) is 14.9 Å². The van der Waals surface area contributed by atoms with Gasteiger partial charge in [-0.05, 0) is 42.5 Å². The summed E-state index contributed by atoms with van der Waals surface area (Å²) in [6.45, 7) is 4.32. The molecule has 8 rings (SSSR count). The first-order valence-electron chi connectivity index (χ1n) is 18.0. The number of anilines is 1. The van der Waals surface area contributed by atoms with Crippen LogP contribution in [0.3, 0.4) is 0 Å². The van der Waals surface area contributed by atoms with Crippen molar-refractivity contribution in [3.63, 3.8) is 0 Å². The average molecular weight is 848 g/mol. The van der Waals surface area contributed by atoms with E-state index in [9.17, 15) is 40.3 Å². The Morgan fingerprint density at radius 2 is 1.21 bits per heavy atom. The molecule has 7 aromatic rings. The number of amidine groups is 1. The number of alkyl halides is 6. The monoisotopic (exact) mass is 847 g/mol. The third kappa shape index (κ3) is 9.78. The first-order chi connectivity index (χ1) is 29.2. The second-order valence-corrected chi connectivity index (χ2v) is 12.2. The fraction of sp³-hybridized carbons (Fsp3) is 0.150. The maximum Gasteiger partial charge on any atom is 0.417 e. The van der Waals surface area contributed by atoms with Gasteiger partial charge in [0.05, 0.1) is 54.8 Å². The Labute approximate surface area is 340 Å². The van der Waals surface area contributed by atoms with Gasteiger partial charge in [-0.25, -0.2) is 33.4 Å². The molecule has 0 saturated heterocycles. The highest BCUT2D eigenvalue weighted by Gasteiger charge is 2.35. The Kier molecular flexibility index (Phi) is 12.7. The molecule has 6 heterocycles. The standard InChI is InChI=1S/C19H11F4N5O.C19H15F3N6O2.C2H6/c20-11-5-6-16(24-9-11)27-18(29)13-10-25-28-8-7-15(26-17(13)28)12-3-1-2-4-14(12)19(21,22)23;1-30-18-23-8-6-15(27-18)26-17(29)12-10-24-28-9-7-14(25-16(12)28)11-4-2-3-5-13(11)19(20,21)22;1-2/h1-10H,(H,24,27,29);2-7,9-10H,8H2,1H3,(H,23,27)(H,26,29);1-2H3. The number of rotatable bonds is 6. The highest BCUT2D eigenvalue weighted by Crippen LogP contribution is 2.37. The van der Waals surface area contributed by atoms with Crippen LogP contribution in [0.2, 0.25) is 0 Å². The maximum atomic E-state index is 13.4. The van der Waals surface area contributed by atoms with Crippen LogP contribution in [0.4, 0.5) is 36.6 Å². The Hall–Kier alpha value is -7.71. The third-order valence-electron chi connectivity index (χ3n) is 8.43. The molecule has 1 aliphatic rings. The number of aliphatic imine (C=N–C) groups is 1. The number of nitrogens with one attached hydrogen (secondary N) is 3. The zero-order valence-corrected chi connectivity index (χ0v) is 32.0. The Morgan fingerprint density at radius 1 is 0.705 bits per heavy atom. The van der Waals surface area contributed by atoms with Crippen molar-refractivity contribution < 1.29 is 45.1 Å². The number of hydrogen-bond acceptors (Lipinski definition) is 10. The van der Waals surface area contributed by atoms with E-state index in [1.165, 1.54) is 95.5 Å². The molecule has 0 saturated carbocycles. The number of methoxy groups -OCH3 is 1. The molecular weight excluding hydrogens is 815 g/mol. The van der Waals surface area contributed by atoms with E-state index in [-0.39, 0.29) is 56.8 Å². The van der Waals surface area contributed by atoms with Gasteiger partial charge < -0.3 is 15.4 Å². The number of nitrogens with zero attached hydrogens (tertiary/aromatic N) is 8.